The molecule has 0 aliphatic carbocycles. The number of hydrogen-bond acceptors (Lipinski definition) is 3. The Morgan fingerprint density at radius 2 is 1.30 bits per heavy atom. The van der Waals surface area contributed by atoms with Crippen LogP contribution in [0.3, 0.4) is 0 Å². The van der Waals surface area contributed by atoms with Crippen LogP contribution >= 0.6 is 0 Å². The molecule has 4 aromatic rings. The summed E-state index contributed by atoms with van der Waals surface area (Å²) < 4.78 is 2.42. The quantitative estimate of drug-likeness (QED) is 0.285. The highest BCUT2D eigenvalue weighted by atomic mass is 16.9. The van der Waals surface area contributed by atoms with E-state index in [4.69, 9.17) is 20.3 Å². The van der Waals surface area contributed by atoms with Gasteiger partial charge in [-0.1, -0.05) is 105 Å². The Morgan fingerprint density at radius 1 is 0.879 bits per heavy atom. The van der Waals surface area contributed by atoms with Gasteiger partial charge in [-0.05, 0) is 16.7 Å². The van der Waals surface area contributed by atoms with E-state index in [0.29, 0.717) is 5.92 Å². The highest BCUT2D eigenvalue weighted by Crippen LogP contribution is 2.36. The van der Waals surface area contributed by atoms with Gasteiger partial charge in [-0.2, -0.15) is 0 Å². The Kier molecular flexibility index (Phi) is 7.97. The fourth-order valence-electron chi connectivity index (χ4n) is 4.30. The number of aromatic nitrogens is 2. The van der Waals surface area contributed by atoms with Gasteiger partial charge in [-0.3, -0.25) is 0 Å². The molecule has 0 bridgehead atoms. The van der Waals surface area contributed by atoms with Crippen LogP contribution in [0.4, 0.5) is 0 Å². The van der Waals surface area contributed by atoms with E-state index in [9.17, 15) is 0 Å². The molecule has 3 aromatic carbocycles. The molecule has 0 unspecified atom stereocenters. The predicted molar refractivity (Wildman–Crippen MR) is 129 cm³/mol. The predicted octanol–water partition coefficient (Wildman–Crippen LogP) is 5.89. The second-order valence-electron chi connectivity index (χ2n) is 8.27. The van der Waals surface area contributed by atoms with Gasteiger partial charge >= 0.3 is 0 Å². The van der Waals surface area contributed by atoms with Crippen LogP contribution in [0, 0.1) is 10.1 Å². The van der Waals surface area contributed by atoms with Gasteiger partial charge in [-0.15, -0.1) is 10.1 Å². The number of benzene rings is 3. The van der Waals surface area contributed by atoms with Crippen LogP contribution in [0.1, 0.15) is 42.3 Å². The molecule has 0 saturated heterocycles. The Balaban J connectivity index is 0.000000709. The molecule has 0 fully saturated rings. The summed E-state index contributed by atoms with van der Waals surface area (Å²) in [4.78, 5) is 13.1. The van der Waals surface area contributed by atoms with E-state index in [0.717, 1.165) is 18.7 Å². The van der Waals surface area contributed by atoms with E-state index in [2.05, 4.69) is 116 Å². The number of hydrogen-bond donors (Lipinski definition) is 1. The summed E-state index contributed by atoms with van der Waals surface area (Å²) >= 11 is 0. The highest BCUT2D eigenvalue weighted by molar-refractivity contribution is 5.34. The molecule has 0 atom stereocenters. The first kappa shape index (κ1) is 23.7. The minimum absolute atomic E-state index is 0.250. The molecule has 0 amide bonds. The topological polar surface area (TPSA) is 81.2 Å². The summed E-state index contributed by atoms with van der Waals surface area (Å²) in [5.41, 5.74) is 3.72. The van der Waals surface area contributed by atoms with Crippen molar-refractivity contribution < 1.29 is 10.3 Å². The van der Waals surface area contributed by atoms with Gasteiger partial charge in [0.1, 0.15) is 5.82 Å². The van der Waals surface area contributed by atoms with Crippen molar-refractivity contribution in [2.45, 2.75) is 38.1 Å². The maximum atomic E-state index is 8.36. The molecule has 33 heavy (non-hydrogen) atoms. The Hall–Kier alpha value is -3.93. The number of nitrogens with zero attached hydrogens (tertiary/aromatic N) is 3. The van der Waals surface area contributed by atoms with E-state index < -0.39 is 5.09 Å². The minimum Gasteiger partial charge on any atom is -0.328 e. The van der Waals surface area contributed by atoms with Gasteiger partial charge in [0.05, 0.1) is 5.54 Å². The van der Waals surface area contributed by atoms with Crippen LogP contribution in [-0.2, 0) is 18.4 Å². The van der Waals surface area contributed by atoms with Crippen molar-refractivity contribution in [3.8, 4) is 0 Å². The SMILES string of the molecule is CC(C)c1nccn1C(Cc1ccccc1)(Cc1ccccc1)c1ccccc1.O=[N+]([O-])O. The third-order valence-corrected chi connectivity index (χ3v) is 5.64. The van der Waals surface area contributed by atoms with Crippen LogP contribution in [-0.4, -0.2) is 19.8 Å². The monoisotopic (exact) mass is 443 g/mol. The van der Waals surface area contributed by atoms with E-state index in [1.807, 2.05) is 6.20 Å². The summed E-state index contributed by atoms with van der Waals surface area (Å²) in [6.45, 7) is 4.44. The van der Waals surface area contributed by atoms with Gasteiger partial charge in [-0.25, -0.2) is 4.98 Å². The standard InChI is InChI=1S/C27H28N2.HNO3/c1-22(2)26-28-18-19-29(26)27(25-16-10-5-11-17-25,20-23-12-6-3-7-13-23)21-24-14-8-4-9-15-24;2-1(3)4/h3-19,22H,20-21H2,1-2H3;(H,2,3,4). The molecule has 1 heterocycles. The van der Waals surface area contributed by atoms with E-state index in [1.54, 1.807) is 0 Å². The van der Waals surface area contributed by atoms with Gasteiger partial charge in [0.25, 0.3) is 5.09 Å². The molecule has 0 aliphatic rings. The molecular formula is C27H29N3O3. The van der Waals surface area contributed by atoms with Crippen molar-refractivity contribution in [1.82, 2.24) is 9.55 Å². The lowest BCUT2D eigenvalue weighted by Crippen LogP contribution is -2.40. The number of rotatable bonds is 7. The fraction of sp³-hybridized carbons (Fsp3) is 0.222. The van der Waals surface area contributed by atoms with Crippen LogP contribution < -0.4 is 0 Å². The van der Waals surface area contributed by atoms with Crippen LogP contribution in [0.15, 0.2) is 103 Å². The lowest BCUT2D eigenvalue weighted by molar-refractivity contribution is -0.742. The normalized spacial score (nSPS) is 11.0. The maximum absolute atomic E-state index is 8.36. The Morgan fingerprint density at radius 3 is 1.73 bits per heavy atom. The largest absolute Gasteiger partial charge is 0.328 e. The molecule has 1 N–H and O–H groups in total. The molecule has 4 rings (SSSR count). The maximum Gasteiger partial charge on any atom is 0.291 e. The molecule has 170 valence electrons. The van der Waals surface area contributed by atoms with E-state index >= 15 is 0 Å². The second-order valence-corrected chi connectivity index (χ2v) is 8.27. The van der Waals surface area contributed by atoms with Crippen molar-refractivity contribution in [3.63, 3.8) is 0 Å². The number of imidazole rings is 1. The molecule has 6 heteroatoms. The zero-order chi connectivity index (χ0) is 23.7. The minimum atomic E-state index is -1.50. The van der Waals surface area contributed by atoms with Gasteiger partial charge < -0.3 is 9.77 Å². The summed E-state index contributed by atoms with van der Waals surface area (Å²) in [6, 6.07) is 32.5. The van der Waals surface area contributed by atoms with Gasteiger partial charge in [0, 0.05) is 31.2 Å². The molecular weight excluding hydrogens is 414 g/mol. The van der Waals surface area contributed by atoms with Crippen molar-refractivity contribution in [1.29, 1.82) is 0 Å². The zero-order valence-electron chi connectivity index (χ0n) is 18.9. The van der Waals surface area contributed by atoms with Crippen LogP contribution in [0.5, 0.6) is 0 Å². The molecule has 0 aliphatic heterocycles. The van der Waals surface area contributed by atoms with Crippen LogP contribution in [0.25, 0.3) is 0 Å². The first-order valence-corrected chi connectivity index (χ1v) is 10.9. The van der Waals surface area contributed by atoms with Crippen molar-refractivity contribution >= 4 is 0 Å². The summed E-state index contributed by atoms with van der Waals surface area (Å²) in [5.74, 6) is 1.47. The molecule has 0 spiro atoms. The molecule has 0 saturated carbocycles. The first-order valence-electron chi connectivity index (χ1n) is 10.9. The second kappa shape index (κ2) is 11.1. The third kappa shape index (κ3) is 6.07. The summed E-state index contributed by atoms with van der Waals surface area (Å²) in [7, 11) is 0. The molecule has 1 aromatic heterocycles. The van der Waals surface area contributed by atoms with Crippen LogP contribution in [0.2, 0.25) is 0 Å². The van der Waals surface area contributed by atoms with E-state index in [-0.39, 0.29) is 5.54 Å². The third-order valence-electron chi connectivity index (χ3n) is 5.64. The smallest absolute Gasteiger partial charge is 0.291 e. The highest BCUT2D eigenvalue weighted by Gasteiger charge is 2.36. The van der Waals surface area contributed by atoms with Gasteiger partial charge in [0.2, 0.25) is 0 Å². The zero-order valence-corrected chi connectivity index (χ0v) is 18.9. The van der Waals surface area contributed by atoms with Gasteiger partial charge in [0.15, 0.2) is 0 Å². The molecule has 6 nitrogen and oxygen atoms in total. The average Bonchev–Trinajstić information content (AvgIpc) is 3.31. The lowest BCUT2D eigenvalue weighted by atomic mass is 9.78. The van der Waals surface area contributed by atoms with Crippen molar-refractivity contribution in [2.75, 3.05) is 0 Å². The Bertz CT molecular complexity index is 1080. The Labute approximate surface area is 194 Å². The molecule has 0 radical (unpaired) electrons. The van der Waals surface area contributed by atoms with Crippen molar-refractivity contribution in [2.24, 2.45) is 0 Å². The fourth-order valence-corrected chi connectivity index (χ4v) is 4.30. The first-order chi connectivity index (χ1) is 15.9. The van der Waals surface area contributed by atoms with Crippen molar-refractivity contribution in [3.05, 3.63) is 136 Å². The lowest BCUT2D eigenvalue weighted by Gasteiger charge is -2.38. The summed E-state index contributed by atoms with van der Waals surface area (Å²) in [5, 5.41) is 13.6. The van der Waals surface area contributed by atoms with E-state index in [1.165, 1.54) is 16.7 Å². The average molecular weight is 444 g/mol. The summed E-state index contributed by atoms with van der Waals surface area (Å²) in [6.07, 6.45) is 5.92.